The van der Waals surface area contributed by atoms with Crippen LogP contribution in [-0.4, -0.2) is 45.4 Å². The summed E-state index contributed by atoms with van der Waals surface area (Å²) in [7, 11) is 0. The molecule has 7 nitrogen and oxygen atoms in total. The molecular weight excluding hydrogens is 499 g/mol. The summed E-state index contributed by atoms with van der Waals surface area (Å²) in [6.45, 7) is 8.54. The Hall–Kier alpha value is -3.82. The van der Waals surface area contributed by atoms with Crippen molar-refractivity contribution in [1.29, 1.82) is 0 Å². The van der Waals surface area contributed by atoms with Crippen molar-refractivity contribution in [2.75, 3.05) is 13.1 Å². The first-order chi connectivity index (χ1) is 17.9. The van der Waals surface area contributed by atoms with Crippen LogP contribution in [0.25, 0.3) is 11.3 Å². The fraction of sp³-hybridized carbons (Fsp3) is 0.393. The van der Waals surface area contributed by atoms with Crippen LogP contribution in [0.5, 0.6) is 5.75 Å². The standard InChI is InChI=1S/C28H30F3N3O4/c1-5-13-33-14-12-19-15-22(10-11-23(19)25(33)35)37-17-20-16-34(26(36)38-27(2,3)4)32-24(20)18-6-8-21(9-7-18)28(29,30)31/h6-11,15-16H,5,12-14,17H2,1-4H3. The van der Waals surface area contributed by atoms with E-state index < -0.39 is 23.4 Å². The molecule has 1 aliphatic heterocycles. The summed E-state index contributed by atoms with van der Waals surface area (Å²) < 4.78 is 51.6. The third-order valence-corrected chi connectivity index (χ3v) is 5.99. The van der Waals surface area contributed by atoms with Gasteiger partial charge < -0.3 is 14.4 Å². The fourth-order valence-corrected chi connectivity index (χ4v) is 4.22. The van der Waals surface area contributed by atoms with Crippen LogP contribution < -0.4 is 4.74 Å². The zero-order valence-electron chi connectivity index (χ0n) is 21.8. The van der Waals surface area contributed by atoms with Gasteiger partial charge in [0.2, 0.25) is 0 Å². The molecule has 3 aromatic rings. The minimum atomic E-state index is -4.47. The number of benzene rings is 2. The van der Waals surface area contributed by atoms with Gasteiger partial charge in [-0.2, -0.15) is 23.0 Å². The number of hydrogen-bond donors (Lipinski definition) is 0. The smallest absolute Gasteiger partial charge is 0.435 e. The number of hydrogen-bond acceptors (Lipinski definition) is 5. The maximum absolute atomic E-state index is 13.1. The number of amides is 1. The zero-order valence-corrected chi connectivity index (χ0v) is 21.8. The molecule has 0 aliphatic carbocycles. The molecule has 1 amide bonds. The number of carbonyl (C=O) groups is 2. The van der Waals surface area contributed by atoms with Crippen molar-refractivity contribution in [2.24, 2.45) is 0 Å². The molecule has 0 saturated heterocycles. The number of carbonyl (C=O) groups excluding carboxylic acids is 2. The SMILES string of the molecule is CCCN1CCc2cc(OCc3cn(C(=O)OC(C)(C)C)nc3-c3ccc(C(F)(F)F)cc3)ccc2C1=O. The molecule has 2 heterocycles. The van der Waals surface area contributed by atoms with Crippen molar-refractivity contribution in [3.8, 4) is 17.0 Å². The van der Waals surface area contributed by atoms with E-state index in [4.69, 9.17) is 9.47 Å². The van der Waals surface area contributed by atoms with Gasteiger partial charge >= 0.3 is 12.3 Å². The van der Waals surface area contributed by atoms with E-state index in [9.17, 15) is 22.8 Å². The number of rotatable bonds is 6. The van der Waals surface area contributed by atoms with Crippen molar-refractivity contribution >= 4 is 12.0 Å². The maximum Gasteiger partial charge on any atom is 0.435 e. The van der Waals surface area contributed by atoms with Gasteiger partial charge in [0.05, 0.1) is 11.3 Å². The van der Waals surface area contributed by atoms with Gasteiger partial charge in [0.1, 0.15) is 18.0 Å². The first kappa shape index (κ1) is 27.2. The molecule has 1 aromatic heterocycles. The molecule has 4 rings (SSSR count). The van der Waals surface area contributed by atoms with Gasteiger partial charge in [-0.3, -0.25) is 4.79 Å². The van der Waals surface area contributed by atoms with Gasteiger partial charge in [0.15, 0.2) is 0 Å². The van der Waals surface area contributed by atoms with Crippen LogP contribution in [-0.2, 0) is 23.9 Å². The Balaban J connectivity index is 1.60. The van der Waals surface area contributed by atoms with Gasteiger partial charge in [-0.05, 0) is 69.5 Å². The summed E-state index contributed by atoms with van der Waals surface area (Å²) >= 11 is 0. The highest BCUT2D eigenvalue weighted by molar-refractivity contribution is 5.97. The minimum absolute atomic E-state index is 0.00266. The van der Waals surface area contributed by atoms with Crippen molar-refractivity contribution in [1.82, 2.24) is 14.7 Å². The molecule has 2 aromatic carbocycles. The van der Waals surface area contributed by atoms with Crippen molar-refractivity contribution in [3.63, 3.8) is 0 Å². The lowest BCUT2D eigenvalue weighted by Gasteiger charge is -2.28. The second-order valence-corrected chi connectivity index (χ2v) is 10.2. The van der Waals surface area contributed by atoms with E-state index in [1.165, 1.54) is 18.3 Å². The number of alkyl halides is 3. The molecule has 0 radical (unpaired) electrons. The third-order valence-electron chi connectivity index (χ3n) is 5.99. The molecule has 0 atom stereocenters. The number of halogens is 3. The lowest BCUT2D eigenvalue weighted by atomic mass is 9.98. The molecule has 0 fully saturated rings. The summed E-state index contributed by atoms with van der Waals surface area (Å²) in [6, 6.07) is 9.83. The third kappa shape index (κ3) is 6.17. The molecule has 38 heavy (non-hydrogen) atoms. The minimum Gasteiger partial charge on any atom is -0.489 e. The first-order valence-electron chi connectivity index (χ1n) is 12.4. The van der Waals surface area contributed by atoms with E-state index in [1.54, 1.807) is 32.9 Å². The Bertz CT molecular complexity index is 1320. The Morgan fingerprint density at radius 1 is 1.08 bits per heavy atom. The molecule has 0 bridgehead atoms. The monoisotopic (exact) mass is 529 g/mol. The predicted molar refractivity (Wildman–Crippen MR) is 135 cm³/mol. The van der Waals surface area contributed by atoms with E-state index in [1.807, 2.05) is 17.9 Å². The highest BCUT2D eigenvalue weighted by Gasteiger charge is 2.30. The van der Waals surface area contributed by atoms with Crippen LogP contribution in [0.3, 0.4) is 0 Å². The highest BCUT2D eigenvalue weighted by Crippen LogP contribution is 2.32. The van der Waals surface area contributed by atoms with E-state index in [2.05, 4.69) is 5.10 Å². The average molecular weight is 530 g/mol. The van der Waals surface area contributed by atoms with E-state index in [-0.39, 0.29) is 12.5 Å². The molecule has 1 aliphatic rings. The Morgan fingerprint density at radius 3 is 2.42 bits per heavy atom. The first-order valence-corrected chi connectivity index (χ1v) is 12.4. The lowest BCUT2D eigenvalue weighted by molar-refractivity contribution is -0.137. The van der Waals surface area contributed by atoms with Crippen LogP contribution >= 0.6 is 0 Å². The molecule has 0 unspecified atom stereocenters. The van der Waals surface area contributed by atoms with Crippen LogP contribution in [0.2, 0.25) is 0 Å². The van der Waals surface area contributed by atoms with Gasteiger partial charge in [-0.1, -0.05) is 19.1 Å². The number of aromatic nitrogens is 2. The van der Waals surface area contributed by atoms with E-state index in [0.717, 1.165) is 28.8 Å². The van der Waals surface area contributed by atoms with Crippen LogP contribution in [0.1, 0.15) is 61.2 Å². The number of nitrogens with zero attached hydrogens (tertiary/aromatic N) is 3. The molecule has 0 N–H and O–H groups in total. The number of ether oxygens (including phenoxy) is 2. The highest BCUT2D eigenvalue weighted by atomic mass is 19.4. The van der Waals surface area contributed by atoms with E-state index in [0.29, 0.717) is 47.6 Å². The summed E-state index contributed by atoms with van der Waals surface area (Å²) in [5.74, 6) is 0.534. The summed E-state index contributed by atoms with van der Waals surface area (Å²) in [6.07, 6.45) is -2.14. The van der Waals surface area contributed by atoms with E-state index >= 15 is 0 Å². The summed E-state index contributed by atoms with van der Waals surface area (Å²) in [5, 5.41) is 4.31. The van der Waals surface area contributed by atoms with Gasteiger partial charge in [0.25, 0.3) is 5.91 Å². The maximum atomic E-state index is 13.1. The second-order valence-electron chi connectivity index (χ2n) is 10.2. The van der Waals surface area contributed by atoms with Crippen molar-refractivity contribution in [2.45, 2.75) is 58.9 Å². The molecule has 202 valence electrons. The summed E-state index contributed by atoms with van der Waals surface area (Å²) in [4.78, 5) is 27.2. The summed E-state index contributed by atoms with van der Waals surface area (Å²) in [5.41, 5.74) is 1.18. The zero-order chi connectivity index (χ0) is 27.7. The van der Waals surface area contributed by atoms with Crippen molar-refractivity contribution in [3.05, 3.63) is 70.9 Å². The van der Waals surface area contributed by atoms with Crippen LogP contribution in [0.15, 0.2) is 48.7 Å². The topological polar surface area (TPSA) is 73.7 Å². The van der Waals surface area contributed by atoms with Crippen LogP contribution in [0, 0.1) is 0 Å². The lowest BCUT2D eigenvalue weighted by Crippen LogP contribution is -2.37. The van der Waals surface area contributed by atoms with Gasteiger partial charge in [0, 0.05) is 36.0 Å². The normalized spacial score (nSPS) is 13.9. The molecule has 0 saturated carbocycles. The quantitative estimate of drug-likeness (QED) is 0.373. The molecular formula is C28H30F3N3O4. The second kappa shape index (κ2) is 10.5. The van der Waals surface area contributed by atoms with Crippen molar-refractivity contribution < 1.29 is 32.2 Å². The predicted octanol–water partition coefficient (Wildman–Crippen LogP) is 6.34. The van der Waals surface area contributed by atoms with Gasteiger partial charge in [-0.15, -0.1) is 0 Å². The molecule has 0 spiro atoms. The Kier molecular flexibility index (Phi) is 7.53. The van der Waals surface area contributed by atoms with Gasteiger partial charge in [-0.25, -0.2) is 4.79 Å². The largest absolute Gasteiger partial charge is 0.489 e. The Labute approximate surface area is 219 Å². The fourth-order valence-electron chi connectivity index (χ4n) is 4.22. The number of fused-ring (bicyclic) bond motifs is 1. The average Bonchev–Trinajstić information content (AvgIpc) is 3.28. The van der Waals surface area contributed by atoms with Crippen LogP contribution in [0.4, 0.5) is 18.0 Å². The Morgan fingerprint density at radius 2 is 1.79 bits per heavy atom. The molecule has 10 heteroatoms.